The van der Waals surface area contributed by atoms with E-state index in [1.54, 1.807) is 36.5 Å². The number of carbonyl (C=O) groups is 1. The third kappa shape index (κ3) is 4.75. The predicted octanol–water partition coefficient (Wildman–Crippen LogP) is 5.87. The molecule has 0 aliphatic carbocycles. The number of nitrogens with one attached hydrogen (secondary N) is 1. The SMILES string of the molecule is O=C(CCc1ncc(-c2ccc(Cl)cc2)o1)Nc1cc(Cl)ccc1Cl. The topological polar surface area (TPSA) is 55.1 Å². The predicted molar refractivity (Wildman–Crippen MR) is 100 cm³/mol. The van der Waals surface area contributed by atoms with Crippen LogP contribution in [0.5, 0.6) is 0 Å². The molecule has 25 heavy (non-hydrogen) atoms. The first-order valence-electron chi connectivity index (χ1n) is 7.47. The van der Waals surface area contributed by atoms with Gasteiger partial charge in [0.05, 0.1) is 16.9 Å². The van der Waals surface area contributed by atoms with Crippen LogP contribution < -0.4 is 5.32 Å². The number of hydrogen-bond donors (Lipinski definition) is 1. The molecule has 0 aliphatic heterocycles. The molecule has 0 unspecified atom stereocenters. The first-order valence-corrected chi connectivity index (χ1v) is 8.60. The average molecular weight is 396 g/mol. The van der Waals surface area contributed by atoms with Gasteiger partial charge in [-0.05, 0) is 42.5 Å². The first-order chi connectivity index (χ1) is 12.0. The molecule has 128 valence electrons. The number of nitrogens with zero attached hydrogens (tertiary/aromatic N) is 1. The van der Waals surface area contributed by atoms with E-state index in [4.69, 9.17) is 39.2 Å². The van der Waals surface area contributed by atoms with Gasteiger partial charge in [-0.1, -0.05) is 34.8 Å². The molecule has 3 rings (SSSR count). The fraction of sp³-hybridized carbons (Fsp3) is 0.111. The van der Waals surface area contributed by atoms with Gasteiger partial charge in [0.25, 0.3) is 0 Å². The lowest BCUT2D eigenvalue weighted by Gasteiger charge is -2.06. The van der Waals surface area contributed by atoms with Gasteiger partial charge in [-0.3, -0.25) is 4.79 Å². The number of halogens is 3. The van der Waals surface area contributed by atoms with Crippen LogP contribution >= 0.6 is 34.8 Å². The Labute approximate surface area is 159 Å². The first kappa shape index (κ1) is 17.8. The molecule has 1 N–H and O–H groups in total. The van der Waals surface area contributed by atoms with Crippen LogP contribution in [0.4, 0.5) is 5.69 Å². The van der Waals surface area contributed by atoms with Gasteiger partial charge in [-0.25, -0.2) is 4.98 Å². The highest BCUT2D eigenvalue weighted by molar-refractivity contribution is 6.35. The highest BCUT2D eigenvalue weighted by Crippen LogP contribution is 2.26. The van der Waals surface area contributed by atoms with Crippen molar-refractivity contribution < 1.29 is 9.21 Å². The Kier molecular flexibility index (Phi) is 5.63. The van der Waals surface area contributed by atoms with Crippen LogP contribution in [0.15, 0.2) is 53.1 Å². The Morgan fingerprint density at radius 2 is 1.76 bits per heavy atom. The van der Waals surface area contributed by atoms with Gasteiger partial charge in [0.1, 0.15) is 0 Å². The zero-order valence-corrected chi connectivity index (χ0v) is 15.2. The van der Waals surface area contributed by atoms with Crippen LogP contribution in [0.2, 0.25) is 15.1 Å². The van der Waals surface area contributed by atoms with Crippen molar-refractivity contribution >= 4 is 46.4 Å². The average Bonchev–Trinajstić information content (AvgIpc) is 3.06. The molecule has 2 aromatic carbocycles. The second-order valence-electron chi connectivity index (χ2n) is 5.30. The zero-order valence-electron chi connectivity index (χ0n) is 12.9. The molecule has 1 aromatic heterocycles. The molecule has 0 saturated carbocycles. The minimum absolute atomic E-state index is 0.199. The third-order valence-corrected chi connectivity index (χ3v) is 4.27. The van der Waals surface area contributed by atoms with E-state index in [1.807, 2.05) is 12.1 Å². The number of oxazole rings is 1. The molecule has 0 bridgehead atoms. The summed E-state index contributed by atoms with van der Waals surface area (Å²) in [6.07, 6.45) is 2.21. The van der Waals surface area contributed by atoms with Crippen molar-refractivity contribution in [3.63, 3.8) is 0 Å². The molecule has 0 radical (unpaired) electrons. The molecule has 0 saturated heterocycles. The van der Waals surface area contributed by atoms with E-state index in [0.29, 0.717) is 38.8 Å². The standard InChI is InChI=1S/C18H13Cl3N2O2/c19-12-3-1-11(2-4-12)16-10-22-18(25-16)8-7-17(24)23-15-9-13(20)5-6-14(15)21/h1-6,9-10H,7-8H2,(H,23,24). The Morgan fingerprint density at radius 1 is 1.04 bits per heavy atom. The number of aromatic nitrogens is 1. The van der Waals surface area contributed by atoms with E-state index >= 15 is 0 Å². The van der Waals surface area contributed by atoms with Crippen LogP contribution in [0.1, 0.15) is 12.3 Å². The maximum absolute atomic E-state index is 12.1. The van der Waals surface area contributed by atoms with Crippen LogP contribution in [0, 0.1) is 0 Å². The largest absolute Gasteiger partial charge is 0.441 e. The van der Waals surface area contributed by atoms with E-state index in [2.05, 4.69) is 10.3 Å². The molecular weight excluding hydrogens is 383 g/mol. The molecule has 0 aliphatic rings. The van der Waals surface area contributed by atoms with E-state index in [-0.39, 0.29) is 12.3 Å². The van der Waals surface area contributed by atoms with Gasteiger partial charge in [-0.15, -0.1) is 0 Å². The van der Waals surface area contributed by atoms with E-state index in [0.717, 1.165) is 5.56 Å². The van der Waals surface area contributed by atoms with Crippen molar-refractivity contribution in [2.45, 2.75) is 12.8 Å². The number of aryl methyl sites for hydroxylation is 1. The quantitative estimate of drug-likeness (QED) is 0.587. The maximum atomic E-state index is 12.1. The fourth-order valence-electron chi connectivity index (χ4n) is 2.20. The van der Waals surface area contributed by atoms with E-state index < -0.39 is 0 Å². The summed E-state index contributed by atoms with van der Waals surface area (Å²) in [5, 5.41) is 4.31. The van der Waals surface area contributed by atoms with Crippen molar-refractivity contribution in [2.75, 3.05) is 5.32 Å². The van der Waals surface area contributed by atoms with Crippen LogP contribution in [-0.4, -0.2) is 10.9 Å². The lowest BCUT2D eigenvalue weighted by molar-refractivity contribution is -0.116. The lowest BCUT2D eigenvalue weighted by Crippen LogP contribution is -2.12. The zero-order chi connectivity index (χ0) is 17.8. The van der Waals surface area contributed by atoms with Crippen LogP contribution in [0.3, 0.4) is 0 Å². The summed E-state index contributed by atoms with van der Waals surface area (Å²) in [5.74, 6) is 0.915. The van der Waals surface area contributed by atoms with Crippen LogP contribution in [0.25, 0.3) is 11.3 Å². The number of rotatable bonds is 5. The number of carbonyl (C=O) groups excluding carboxylic acids is 1. The second kappa shape index (κ2) is 7.91. The number of anilines is 1. The Bertz CT molecular complexity index is 892. The summed E-state index contributed by atoms with van der Waals surface area (Å²) in [6.45, 7) is 0. The number of benzene rings is 2. The molecule has 0 atom stereocenters. The van der Waals surface area contributed by atoms with Crippen molar-refractivity contribution in [3.05, 3.63) is 69.6 Å². The Morgan fingerprint density at radius 3 is 2.52 bits per heavy atom. The van der Waals surface area contributed by atoms with Gasteiger partial charge >= 0.3 is 0 Å². The molecule has 4 nitrogen and oxygen atoms in total. The van der Waals surface area contributed by atoms with Gasteiger partial charge < -0.3 is 9.73 Å². The molecule has 0 fully saturated rings. The molecule has 0 spiro atoms. The summed E-state index contributed by atoms with van der Waals surface area (Å²) in [4.78, 5) is 16.3. The van der Waals surface area contributed by atoms with Crippen molar-refractivity contribution in [1.29, 1.82) is 0 Å². The highest BCUT2D eigenvalue weighted by atomic mass is 35.5. The molecule has 1 amide bonds. The van der Waals surface area contributed by atoms with E-state index in [1.165, 1.54) is 0 Å². The minimum atomic E-state index is -0.199. The normalized spacial score (nSPS) is 10.7. The van der Waals surface area contributed by atoms with Crippen molar-refractivity contribution in [3.8, 4) is 11.3 Å². The molecule has 1 heterocycles. The Hall–Kier alpha value is -2.01. The third-order valence-electron chi connectivity index (χ3n) is 3.45. The number of hydrogen-bond acceptors (Lipinski definition) is 3. The molecule has 3 aromatic rings. The van der Waals surface area contributed by atoms with Gasteiger partial charge in [0.2, 0.25) is 5.91 Å². The second-order valence-corrected chi connectivity index (χ2v) is 6.58. The van der Waals surface area contributed by atoms with Gasteiger partial charge in [0, 0.05) is 28.5 Å². The van der Waals surface area contributed by atoms with E-state index in [9.17, 15) is 4.79 Å². The van der Waals surface area contributed by atoms with Crippen LogP contribution in [-0.2, 0) is 11.2 Å². The Balaban J connectivity index is 1.59. The maximum Gasteiger partial charge on any atom is 0.224 e. The summed E-state index contributed by atoms with van der Waals surface area (Å²) >= 11 is 17.8. The van der Waals surface area contributed by atoms with Crippen molar-refractivity contribution in [2.24, 2.45) is 0 Å². The monoisotopic (exact) mass is 394 g/mol. The minimum Gasteiger partial charge on any atom is -0.441 e. The molecular formula is C18H13Cl3N2O2. The van der Waals surface area contributed by atoms with Gasteiger partial charge in [-0.2, -0.15) is 0 Å². The summed E-state index contributed by atoms with van der Waals surface area (Å²) in [5.41, 5.74) is 1.35. The lowest BCUT2D eigenvalue weighted by atomic mass is 10.2. The number of amides is 1. The summed E-state index contributed by atoms with van der Waals surface area (Å²) in [6, 6.07) is 12.1. The highest BCUT2D eigenvalue weighted by Gasteiger charge is 2.11. The van der Waals surface area contributed by atoms with Crippen molar-refractivity contribution in [1.82, 2.24) is 4.98 Å². The smallest absolute Gasteiger partial charge is 0.224 e. The molecule has 7 heteroatoms. The fourth-order valence-corrected chi connectivity index (χ4v) is 2.66. The summed E-state index contributed by atoms with van der Waals surface area (Å²) < 4.78 is 5.67. The summed E-state index contributed by atoms with van der Waals surface area (Å²) in [7, 11) is 0. The van der Waals surface area contributed by atoms with Gasteiger partial charge in [0.15, 0.2) is 11.7 Å².